The largest absolute Gasteiger partial charge is 0.383 e. The highest BCUT2D eigenvalue weighted by Gasteiger charge is 2.14. The Hall–Kier alpha value is -2.57. The van der Waals surface area contributed by atoms with Gasteiger partial charge in [-0.2, -0.15) is 0 Å². The van der Waals surface area contributed by atoms with E-state index in [9.17, 15) is 4.79 Å². The third-order valence-corrected chi connectivity index (χ3v) is 4.50. The topological polar surface area (TPSA) is 59.4 Å². The van der Waals surface area contributed by atoms with E-state index in [-0.39, 0.29) is 5.91 Å². The number of carbonyl (C=O) groups excluding carboxylic acids is 1. The number of amides is 1. The number of benzene rings is 1. The third-order valence-electron chi connectivity index (χ3n) is 4.26. The molecule has 2 heterocycles. The van der Waals surface area contributed by atoms with Crippen LogP contribution < -0.4 is 10.2 Å². The van der Waals surface area contributed by atoms with Crippen LogP contribution >= 0.6 is 11.6 Å². The van der Waals surface area contributed by atoms with E-state index in [1.165, 1.54) is 0 Å². The number of rotatable bonds is 6. The minimum absolute atomic E-state index is 0.192. The van der Waals surface area contributed by atoms with Gasteiger partial charge in [-0.25, -0.2) is 4.98 Å². The maximum Gasteiger partial charge on any atom is 0.272 e. The van der Waals surface area contributed by atoms with Crippen LogP contribution in [0.2, 0.25) is 5.02 Å². The highest BCUT2D eigenvalue weighted by molar-refractivity contribution is 6.31. The zero-order valence-corrected chi connectivity index (χ0v) is 15.7. The highest BCUT2D eigenvalue weighted by atomic mass is 35.5. The van der Waals surface area contributed by atoms with E-state index in [1.807, 2.05) is 60.0 Å². The fraction of sp³-hybridized carbons (Fsp3) is 0.263. The lowest BCUT2D eigenvalue weighted by Gasteiger charge is -2.17. The van der Waals surface area contributed by atoms with Gasteiger partial charge in [-0.3, -0.25) is 4.79 Å². The molecule has 1 aromatic carbocycles. The van der Waals surface area contributed by atoms with Gasteiger partial charge >= 0.3 is 0 Å². The number of pyridine rings is 1. The molecule has 0 spiro atoms. The summed E-state index contributed by atoms with van der Waals surface area (Å²) in [5.41, 5.74) is 2.15. The number of halogens is 1. The molecule has 0 aliphatic rings. The standard InChI is InChI=1S/C19H21ClN4O2/c1-23(8-9-26-3)18-7-5-15(12-21-18)22-19(25)17-11-13-10-14(20)4-6-16(13)24(17)2/h4-7,10-12H,8-9H2,1-3H3,(H,22,25). The first-order chi connectivity index (χ1) is 12.5. The first-order valence-corrected chi connectivity index (χ1v) is 8.60. The van der Waals surface area contributed by atoms with Gasteiger partial charge in [0, 0.05) is 43.7 Å². The molecule has 3 aromatic rings. The van der Waals surface area contributed by atoms with Crippen LogP contribution in [0.3, 0.4) is 0 Å². The minimum atomic E-state index is -0.192. The van der Waals surface area contributed by atoms with Gasteiger partial charge in [0.25, 0.3) is 5.91 Å². The van der Waals surface area contributed by atoms with Gasteiger partial charge in [0.15, 0.2) is 0 Å². The number of nitrogens with one attached hydrogen (secondary N) is 1. The molecule has 0 unspecified atom stereocenters. The fourth-order valence-electron chi connectivity index (χ4n) is 2.76. The molecular weight excluding hydrogens is 352 g/mol. The second kappa shape index (κ2) is 7.76. The van der Waals surface area contributed by atoms with E-state index < -0.39 is 0 Å². The molecule has 3 rings (SSSR count). The number of anilines is 2. The molecule has 0 fully saturated rings. The van der Waals surface area contributed by atoms with Crippen LogP contribution in [0.15, 0.2) is 42.6 Å². The Morgan fingerprint density at radius 1 is 1.31 bits per heavy atom. The summed E-state index contributed by atoms with van der Waals surface area (Å²) < 4.78 is 6.91. The summed E-state index contributed by atoms with van der Waals surface area (Å²) in [6.07, 6.45) is 1.65. The van der Waals surface area contributed by atoms with Crippen LogP contribution in [0.5, 0.6) is 0 Å². The number of hydrogen-bond donors (Lipinski definition) is 1. The van der Waals surface area contributed by atoms with Crippen LogP contribution in [0, 0.1) is 0 Å². The number of aromatic nitrogens is 2. The van der Waals surface area contributed by atoms with Gasteiger partial charge in [0.05, 0.1) is 18.5 Å². The number of fused-ring (bicyclic) bond motifs is 1. The maximum absolute atomic E-state index is 12.6. The summed E-state index contributed by atoms with van der Waals surface area (Å²) in [4.78, 5) is 19.0. The molecule has 136 valence electrons. The number of methoxy groups -OCH3 is 1. The summed E-state index contributed by atoms with van der Waals surface area (Å²) in [6, 6.07) is 11.1. The third kappa shape index (κ3) is 3.81. The second-order valence-electron chi connectivity index (χ2n) is 6.07. The van der Waals surface area contributed by atoms with E-state index in [2.05, 4.69) is 10.3 Å². The lowest BCUT2D eigenvalue weighted by Crippen LogP contribution is -2.23. The zero-order valence-electron chi connectivity index (χ0n) is 15.0. The number of carbonyl (C=O) groups is 1. The van der Waals surface area contributed by atoms with Gasteiger partial charge in [-0.1, -0.05) is 11.6 Å². The number of aryl methyl sites for hydroxylation is 1. The van der Waals surface area contributed by atoms with Crippen molar-refractivity contribution in [1.29, 1.82) is 0 Å². The van der Waals surface area contributed by atoms with Crippen LogP contribution in [-0.4, -0.2) is 42.8 Å². The smallest absolute Gasteiger partial charge is 0.272 e. The average molecular weight is 373 g/mol. The van der Waals surface area contributed by atoms with Crippen molar-refractivity contribution < 1.29 is 9.53 Å². The maximum atomic E-state index is 12.6. The van der Waals surface area contributed by atoms with Crippen LogP contribution in [0.25, 0.3) is 10.9 Å². The molecule has 2 aromatic heterocycles. The summed E-state index contributed by atoms with van der Waals surface area (Å²) in [7, 11) is 5.47. The summed E-state index contributed by atoms with van der Waals surface area (Å²) in [6.45, 7) is 1.37. The monoisotopic (exact) mass is 372 g/mol. The quantitative estimate of drug-likeness (QED) is 0.718. The Morgan fingerprint density at radius 2 is 2.12 bits per heavy atom. The molecule has 1 amide bonds. The predicted molar refractivity (Wildman–Crippen MR) is 105 cm³/mol. The second-order valence-corrected chi connectivity index (χ2v) is 6.50. The Bertz CT molecular complexity index is 921. The molecule has 7 heteroatoms. The SMILES string of the molecule is COCCN(C)c1ccc(NC(=O)c2cc3cc(Cl)ccc3n2C)cn1. The predicted octanol–water partition coefficient (Wildman–Crippen LogP) is 3.56. The van der Waals surface area contributed by atoms with Gasteiger partial charge in [-0.15, -0.1) is 0 Å². The van der Waals surface area contributed by atoms with Crippen molar-refractivity contribution in [3.05, 3.63) is 53.3 Å². The van der Waals surface area contributed by atoms with Crippen molar-refractivity contribution in [2.24, 2.45) is 7.05 Å². The molecule has 0 bridgehead atoms. The normalized spacial score (nSPS) is 10.9. The average Bonchev–Trinajstić information content (AvgIpc) is 2.96. The summed E-state index contributed by atoms with van der Waals surface area (Å²) in [5, 5.41) is 4.46. The van der Waals surface area contributed by atoms with Crippen molar-refractivity contribution in [1.82, 2.24) is 9.55 Å². The van der Waals surface area contributed by atoms with E-state index >= 15 is 0 Å². The van der Waals surface area contributed by atoms with Crippen LogP contribution in [0.4, 0.5) is 11.5 Å². The molecule has 6 nitrogen and oxygen atoms in total. The van der Waals surface area contributed by atoms with Crippen molar-refractivity contribution in [3.63, 3.8) is 0 Å². The van der Waals surface area contributed by atoms with Crippen molar-refractivity contribution >= 4 is 39.9 Å². The molecule has 0 saturated heterocycles. The Kier molecular flexibility index (Phi) is 5.44. The van der Waals surface area contributed by atoms with E-state index in [4.69, 9.17) is 16.3 Å². The first-order valence-electron chi connectivity index (χ1n) is 8.22. The molecule has 1 N–H and O–H groups in total. The van der Waals surface area contributed by atoms with Crippen molar-refractivity contribution in [2.45, 2.75) is 0 Å². The van der Waals surface area contributed by atoms with Crippen molar-refractivity contribution in [2.75, 3.05) is 37.5 Å². The number of ether oxygens (including phenoxy) is 1. The minimum Gasteiger partial charge on any atom is -0.383 e. The van der Waals surface area contributed by atoms with Crippen LogP contribution in [0.1, 0.15) is 10.5 Å². The van der Waals surface area contributed by atoms with E-state index in [0.29, 0.717) is 23.0 Å². The zero-order chi connectivity index (χ0) is 18.7. The molecule has 26 heavy (non-hydrogen) atoms. The molecule has 0 saturated carbocycles. The van der Waals surface area contributed by atoms with Gasteiger partial charge < -0.3 is 19.5 Å². The van der Waals surface area contributed by atoms with Gasteiger partial charge in [-0.05, 0) is 36.4 Å². The highest BCUT2D eigenvalue weighted by Crippen LogP contribution is 2.23. The van der Waals surface area contributed by atoms with Gasteiger partial charge in [0.1, 0.15) is 11.5 Å². The Balaban J connectivity index is 1.75. The summed E-state index contributed by atoms with van der Waals surface area (Å²) in [5.74, 6) is 0.626. The summed E-state index contributed by atoms with van der Waals surface area (Å²) >= 11 is 6.03. The number of nitrogens with zero attached hydrogens (tertiary/aromatic N) is 3. The molecule has 0 atom stereocenters. The molecule has 0 radical (unpaired) electrons. The Morgan fingerprint density at radius 3 is 2.81 bits per heavy atom. The van der Waals surface area contributed by atoms with Crippen LogP contribution in [-0.2, 0) is 11.8 Å². The fourth-order valence-corrected chi connectivity index (χ4v) is 2.94. The molecule has 0 aliphatic heterocycles. The number of likely N-dealkylation sites (N-methyl/N-ethyl adjacent to an activating group) is 1. The van der Waals surface area contributed by atoms with Crippen molar-refractivity contribution in [3.8, 4) is 0 Å². The lowest BCUT2D eigenvalue weighted by molar-refractivity contribution is 0.101. The molecular formula is C19H21ClN4O2. The lowest BCUT2D eigenvalue weighted by atomic mass is 10.2. The number of hydrogen-bond acceptors (Lipinski definition) is 4. The molecule has 0 aliphatic carbocycles. The first kappa shape index (κ1) is 18.2. The van der Waals surface area contributed by atoms with E-state index in [1.54, 1.807) is 13.3 Å². The van der Waals surface area contributed by atoms with Gasteiger partial charge in [0.2, 0.25) is 0 Å². The van der Waals surface area contributed by atoms with E-state index in [0.717, 1.165) is 23.3 Å². The Labute approximate surface area is 157 Å².